The molecule has 6 nitrogen and oxygen atoms in total. The highest BCUT2D eigenvalue weighted by Crippen LogP contribution is 2.24. The Morgan fingerprint density at radius 3 is 2.07 bits per heavy atom. The van der Waals surface area contributed by atoms with Crippen LogP contribution in [0.3, 0.4) is 0 Å². The van der Waals surface area contributed by atoms with Gasteiger partial charge in [-0.2, -0.15) is 0 Å². The molecule has 3 aromatic carbocycles. The van der Waals surface area contributed by atoms with Gasteiger partial charge in [0.1, 0.15) is 11.5 Å². The number of ether oxygens (including phenoxy) is 2. The lowest BCUT2D eigenvalue weighted by Crippen LogP contribution is -2.30. The Morgan fingerprint density at radius 1 is 0.867 bits per heavy atom. The van der Waals surface area contributed by atoms with Crippen molar-refractivity contribution >= 4 is 34.8 Å². The molecular formula is C23H21ClN2O4. The van der Waals surface area contributed by atoms with Crippen LogP contribution in [0.25, 0.3) is 0 Å². The lowest BCUT2D eigenvalue weighted by atomic mass is 10.2. The molecule has 0 bridgehead atoms. The first-order valence-corrected chi connectivity index (χ1v) is 9.61. The highest BCUT2D eigenvalue weighted by atomic mass is 35.5. The van der Waals surface area contributed by atoms with Gasteiger partial charge < -0.3 is 20.1 Å². The first-order chi connectivity index (χ1) is 14.5. The van der Waals surface area contributed by atoms with Crippen molar-refractivity contribution in [1.82, 2.24) is 0 Å². The SMILES string of the molecule is COc1ccc(C(=O)Nc2ccc(NC(=O)C(C)Oc3ccccc3Cl)cc2)cc1. The first-order valence-electron chi connectivity index (χ1n) is 9.24. The number of rotatable bonds is 7. The largest absolute Gasteiger partial charge is 0.497 e. The molecule has 0 radical (unpaired) electrons. The Bertz CT molecular complexity index is 1020. The standard InChI is InChI=1S/C23H21ClN2O4/c1-15(30-21-6-4-3-5-20(21)24)22(27)25-17-9-11-18(12-10-17)26-23(28)16-7-13-19(29-2)14-8-16/h3-15H,1-2H3,(H,25,27)(H,26,28). The quantitative estimate of drug-likeness (QED) is 0.559. The van der Waals surface area contributed by atoms with Crippen molar-refractivity contribution in [3.8, 4) is 11.5 Å². The number of methoxy groups -OCH3 is 1. The van der Waals surface area contributed by atoms with Crippen LogP contribution in [0.5, 0.6) is 11.5 Å². The summed E-state index contributed by atoms with van der Waals surface area (Å²) in [5.74, 6) is 0.568. The summed E-state index contributed by atoms with van der Waals surface area (Å²) in [6.45, 7) is 1.64. The molecule has 0 heterocycles. The van der Waals surface area contributed by atoms with Crippen LogP contribution in [-0.2, 0) is 4.79 Å². The zero-order chi connectivity index (χ0) is 21.5. The van der Waals surface area contributed by atoms with E-state index in [1.165, 1.54) is 0 Å². The fourth-order valence-corrected chi connectivity index (χ4v) is 2.79. The first kappa shape index (κ1) is 21.2. The van der Waals surface area contributed by atoms with Gasteiger partial charge in [-0.1, -0.05) is 23.7 Å². The maximum atomic E-state index is 12.4. The summed E-state index contributed by atoms with van der Waals surface area (Å²) in [5, 5.41) is 6.02. The van der Waals surface area contributed by atoms with Crippen LogP contribution in [0.15, 0.2) is 72.8 Å². The summed E-state index contributed by atoms with van der Waals surface area (Å²) in [6, 6.07) is 20.6. The van der Waals surface area contributed by atoms with Gasteiger partial charge in [0.15, 0.2) is 6.10 Å². The summed E-state index contributed by atoms with van der Waals surface area (Å²) < 4.78 is 10.7. The van der Waals surface area contributed by atoms with Crippen LogP contribution in [0, 0.1) is 0 Å². The van der Waals surface area contributed by atoms with Crippen molar-refractivity contribution < 1.29 is 19.1 Å². The normalized spacial score (nSPS) is 11.3. The molecule has 3 aromatic rings. The average Bonchev–Trinajstić information content (AvgIpc) is 2.76. The summed E-state index contributed by atoms with van der Waals surface area (Å²) in [5.41, 5.74) is 1.70. The number of hydrogen-bond acceptors (Lipinski definition) is 4. The predicted octanol–water partition coefficient (Wildman–Crippen LogP) is 5.01. The Morgan fingerprint density at radius 2 is 1.47 bits per heavy atom. The van der Waals surface area contributed by atoms with E-state index in [1.54, 1.807) is 86.8 Å². The Balaban J connectivity index is 1.56. The molecule has 0 aliphatic carbocycles. The molecule has 1 atom stereocenters. The third-order valence-corrected chi connectivity index (χ3v) is 4.58. The predicted molar refractivity (Wildman–Crippen MR) is 118 cm³/mol. The summed E-state index contributed by atoms with van der Waals surface area (Å²) in [4.78, 5) is 24.7. The van der Waals surface area contributed by atoms with E-state index in [0.717, 1.165) is 0 Å². The number of benzene rings is 3. The maximum absolute atomic E-state index is 12.4. The zero-order valence-corrected chi connectivity index (χ0v) is 17.3. The van der Waals surface area contributed by atoms with E-state index >= 15 is 0 Å². The molecule has 0 saturated carbocycles. The molecule has 0 aliphatic heterocycles. The molecule has 0 spiro atoms. The fourth-order valence-electron chi connectivity index (χ4n) is 2.61. The summed E-state index contributed by atoms with van der Waals surface area (Å²) in [6.07, 6.45) is -0.737. The van der Waals surface area contributed by atoms with Crippen LogP contribution in [-0.4, -0.2) is 25.0 Å². The highest BCUT2D eigenvalue weighted by molar-refractivity contribution is 6.32. The number of amides is 2. The number of halogens is 1. The van der Waals surface area contributed by atoms with Crippen LogP contribution in [0.1, 0.15) is 17.3 Å². The number of para-hydroxylation sites is 1. The smallest absolute Gasteiger partial charge is 0.265 e. The van der Waals surface area contributed by atoms with Crippen LogP contribution in [0.4, 0.5) is 11.4 Å². The molecule has 7 heteroatoms. The van der Waals surface area contributed by atoms with Crippen molar-refractivity contribution in [2.45, 2.75) is 13.0 Å². The number of anilines is 2. The number of hydrogen-bond donors (Lipinski definition) is 2. The number of carbonyl (C=O) groups excluding carboxylic acids is 2. The van der Waals surface area contributed by atoms with Crippen molar-refractivity contribution in [3.05, 3.63) is 83.4 Å². The van der Waals surface area contributed by atoms with Crippen LogP contribution < -0.4 is 20.1 Å². The average molecular weight is 425 g/mol. The summed E-state index contributed by atoms with van der Waals surface area (Å²) in [7, 11) is 1.57. The molecule has 2 N–H and O–H groups in total. The highest BCUT2D eigenvalue weighted by Gasteiger charge is 2.16. The van der Waals surface area contributed by atoms with Gasteiger partial charge >= 0.3 is 0 Å². The van der Waals surface area contributed by atoms with Gasteiger partial charge in [0, 0.05) is 16.9 Å². The van der Waals surface area contributed by atoms with Gasteiger partial charge in [-0.25, -0.2) is 0 Å². The Hall–Kier alpha value is -3.51. The summed E-state index contributed by atoms with van der Waals surface area (Å²) >= 11 is 6.05. The van der Waals surface area contributed by atoms with Crippen molar-refractivity contribution in [2.24, 2.45) is 0 Å². The molecule has 0 saturated heterocycles. The molecule has 0 fully saturated rings. The molecule has 2 amide bonds. The van der Waals surface area contributed by atoms with Gasteiger partial charge in [-0.15, -0.1) is 0 Å². The molecule has 154 valence electrons. The second-order valence-corrected chi connectivity index (χ2v) is 6.85. The monoisotopic (exact) mass is 424 g/mol. The lowest BCUT2D eigenvalue weighted by Gasteiger charge is -2.15. The van der Waals surface area contributed by atoms with E-state index in [1.807, 2.05) is 0 Å². The van der Waals surface area contributed by atoms with E-state index < -0.39 is 6.10 Å². The van der Waals surface area contributed by atoms with Crippen LogP contribution in [0.2, 0.25) is 5.02 Å². The Kier molecular flexibility index (Phi) is 6.93. The minimum atomic E-state index is -0.737. The maximum Gasteiger partial charge on any atom is 0.265 e. The molecule has 1 unspecified atom stereocenters. The van der Waals surface area contributed by atoms with Crippen LogP contribution >= 0.6 is 11.6 Å². The topological polar surface area (TPSA) is 76.7 Å². The van der Waals surface area contributed by atoms with Gasteiger partial charge in [0.2, 0.25) is 0 Å². The van der Waals surface area contributed by atoms with Crippen molar-refractivity contribution in [1.29, 1.82) is 0 Å². The third-order valence-electron chi connectivity index (χ3n) is 4.27. The number of carbonyl (C=O) groups is 2. The number of nitrogens with one attached hydrogen (secondary N) is 2. The van der Waals surface area contributed by atoms with Crippen molar-refractivity contribution in [3.63, 3.8) is 0 Å². The fraction of sp³-hybridized carbons (Fsp3) is 0.130. The lowest BCUT2D eigenvalue weighted by molar-refractivity contribution is -0.122. The zero-order valence-electron chi connectivity index (χ0n) is 16.5. The van der Waals surface area contributed by atoms with Gasteiger partial charge in [0.25, 0.3) is 11.8 Å². The molecular weight excluding hydrogens is 404 g/mol. The second-order valence-electron chi connectivity index (χ2n) is 6.44. The van der Waals surface area contributed by atoms with Crippen molar-refractivity contribution in [2.75, 3.05) is 17.7 Å². The van der Waals surface area contributed by atoms with Gasteiger partial charge in [-0.05, 0) is 67.6 Å². The Labute approximate surface area is 179 Å². The van der Waals surface area contributed by atoms with E-state index in [-0.39, 0.29) is 11.8 Å². The molecule has 0 aliphatic rings. The second kappa shape index (κ2) is 9.80. The van der Waals surface area contributed by atoms with E-state index in [0.29, 0.717) is 33.5 Å². The van der Waals surface area contributed by atoms with E-state index in [9.17, 15) is 9.59 Å². The molecule has 3 rings (SSSR count). The minimum absolute atomic E-state index is 0.240. The molecule has 0 aromatic heterocycles. The van der Waals surface area contributed by atoms with Gasteiger partial charge in [-0.3, -0.25) is 9.59 Å². The minimum Gasteiger partial charge on any atom is -0.497 e. The van der Waals surface area contributed by atoms with Gasteiger partial charge in [0.05, 0.1) is 12.1 Å². The van der Waals surface area contributed by atoms with E-state index in [4.69, 9.17) is 21.1 Å². The van der Waals surface area contributed by atoms with E-state index in [2.05, 4.69) is 10.6 Å². The molecule has 30 heavy (non-hydrogen) atoms. The third kappa shape index (κ3) is 5.52.